The van der Waals surface area contributed by atoms with Crippen LogP contribution >= 0.6 is 7.60 Å². The summed E-state index contributed by atoms with van der Waals surface area (Å²) in [4.78, 5) is 23.3. The molecular weight excluding hydrogens is 317 g/mol. The number of hydrogen-bond donors (Lipinski definition) is 1. The van der Waals surface area contributed by atoms with Crippen molar-refractivity contribution in [1.82, 2.24) is 0 Å². The molecule has 0 aromatic carbocycles. The van der Waals surface area contributed by atoms with Crippen LogP contribution in [-0.4, -0.2) is 23.8 Å². The van der Waals surface area contributed by atoms with E-state index in [0.29, 0.717) is 12.8 Å². The summed E-state index contributed by atoms with van der Waals surface area (Å²) in [5.74, 6) is 0. The number of nitrogens with zero attached hydrogens (tertiary/aromatic N) is 1. The zero-order valence-corrected chi connectivity index (χ0v) is 16.2. The molecule has 140 valence electrons. The van der Waals surface area contributed by atoms with E-state index >= 15 is 0 Å². The Morgan fingerprint density at radius 2 is 1.57 bits per heavy atom. The topological polar surface area (TPSA) is 85.2 Å². The summed E-state index contributed by atoms with van der Waals surface area (Å²) in [5.41, 5.74) is 0. The van der Waals surface area contributed by atoms with Crippen molar-refractivity contribution in [1.29, 1.82) is 0 Å². The van der Waals surface area contributed by atoms with Gasteiger partial charge in [-0.3, -0.25) is 4.57 Å². The van der Waals surface area contributed by atoms with Crippen LogP contribution in [0.5, 0.6) is 0 Å². The van der Waals surface area contributed by atoms with Gasteiger partial charge >= 0.3 is 7.60 Å². The fourth-order valence-electron chi connectivity index (χ4n) is 1.99. The normalized spacial score (nSPS) is 14.3. The predicted octanol–water partition coefficient (Wildman–Crippen LogP) is 5.83. The largest absolute Gasteiger partial charge is 0.361 e. The molecule has 0 aromatic rings. The minimum Gasteiger partial charge on any atom is -0.361 e. The second-order valence-corrected chi connectivity index (χ2v) is 7.66. The molecule has 6 nitrogen and oxygen atoms in total. The van der Waals surface area contributed by atoms with Gasteiger partial charge < -0.3 is 14.3 Å². The molecule has 0 bridgehead atoms. The second kappa shape index (κ2) is 17.9. The van der Waals surface area contributed by atoms with E-state index in [2.05, 4.69) is 24.0 Å². The van der Waals surface area contributed by atoms with Crippen molar-refractivity contribution < 1.29 is 18.8 Å². The molecule has 0 rings (SSSR count). The van der Waals surface area contributed by atoms with Crippen LogP contribution < -0.4 is 0 Å². The number of hydrogen-bond acceptors (Lipinski definition) is 5. The maximum absolute atomic E-state index is 11.1. The molecule has 1 N–H and O–H groups in total. The van der Waals surface area contributed by atoms with Crippen LogP contribution in [0.4, 0.5) is 0 Å². The van der Waals surface area contributed by atoms with E-state index in [0.717, 1.165) is 38.5 Å². The Kier molecular flexibility index (Phi) is 19.3. The molecule has 0 amide bonds. The van der Waals surface area contributed by atoms with Crippen LogP contribution in [-0.2, 0) is 13.9 Å². The van der Waals surface area contributed by atoms with Crippen LogP contribution in [0.1, 0.15) is 85.5 Å². The third-order valence-electron chi connectivity index (χ3n) is 3.31. The first-order valence-electron chi connectivity index (χ1n) is 8.88. The van der Waals surface area contributed by atoms with E-state index < -0.39 is 7.60 Å². The van der Waals surface area contributed by atoms with Gasteiger partial charge in [-0.25, -0.2) is 0 Å². The average Bonchev–Trinajstić information content (AvgIpc) is 2.49. The maximum Gasteiger partial charge on any atom is 0.328 e. The van der Waals surface area contributed by atoms with Crippen molar-refractivity contribution in [3.63, 3.8) is 0 Å². The zero-order valence-electron chi connectivity index (χ0n) is 15.3. The monoisotopic (exact) mass is 353 g/mol. The lowest BCUT2D eigenvalue weighted by Crippen LogP contribution is -2.02. The lowest BCUT2D eigenvalue weighted by molar-refractivity contribution is 0.0607. The van der Waals surface area contributed by atoms with Crippen molar-refractivity contribution in [2.24, 2.45) is 5.34 Å². The molecule has 0 heterocycles. The van der Waals surface area contributed by atoms with Gasteiger partial charge in [-0.15, -0.1) is 4.91 Å². The van der Waals surface area contributed by atoms with Gasteiger partial charge in [0.2, 0.25) is 0 Å². The lowest BCUT2D eigenvalue weighted by atomic mass is 10.1. The van der Waals surface area contributed by atoms with E-state index in [1.807, 2.05) is 6.92 Å². The molecule has 0 spiro atoms. The smallest absolute Gasteiger partial charge is 0.328 e. The molecule has 2 atom stereocenters. The molecule has 2 unspecified atom stereocenters. The highest BCUT2D eigenvalue weighted by Gasteiger charge is 2.16. The quantitative estimate of drug-likeness (QED) is 0.184. The first-order chi connectivity index (χ1) is 10.9. The molecule has 0 aliphatic heterocycles. The Balaban J connectivity index is 0. The van der Waals surface area contributed by atoms with Gasteiger partial charge in [0, 0.05) is 6.16 Å². The summed E-state index contributed by atoms with van der Waals surface area (Å²) in [6, 6.07) is 0. The van der Waals surface area contributed by atoms with Gasteiger partial charge in [0.25, 0.3) is 0 Å². The highest BCUT2D eigenvalue weighted by molar-refractivity contribution is 7.52. The Bertz CT molecular complexity index is 302. The molecule has 23 heavy (non-hydrogen) atoms. The highest BCUT2D eigenvalue weighted by atomic mass is 31.2. The van der Waals surface area contributed by atoms with E-state index in [1.165, 1.54) is 19.3 Å². The molecule has 0 aliphatic rings. The summed E-state index contributed by atoms with van der Waals surface area (Å²) in [6.07, 6.45) is 10.2. The van der Waals surface area contributed by atoms with E-state index in [1.54, 1.807) is 6.92 Å². The van der Waals surface area contributed by atoms with Crippen LogP contribution in [0.2, 0.25) is 0 Å². The summed E-state index contributed by atoms with van der Waals surface area (Å²) in [6.45, 7) is 8.21. The summed E-state index contributed by atoms with van der Waals surface area (Å²) in [7, 11) is -3.23. The van der Waals surface area contributed by atoms with Crippen molar-refractivity contribution >= 4 is 7.60 Å². The fraction of sp³-hybridized carbons (Fsp3) is 1.00. The molecule has 0 saturated heterocycles. The molecule has 0 aromatic heterocycles. The van der Waals surface area contributed by atoms with E-state index in [4.69, 9.17) is 9.42 Å². The van der Waals surface area contributed by atoms with E-state index in [9.17, 15) is 9.47 Å². The first-order valence-corrected chi connectivity index (χ1v) is 10.6. The molecule has 0 saturated carbocycles. The average molecular weight is 353 g/mol. The Hall–Kier alpha value is -0.450. The van der Waals surface area contributed by atoms with Gasteiger partial charge in [0.1, 0.15) is 6.10 Å². The zero-order chi connectivity index (χ0) is 18.0. The fourth-order valence-corrected chi connectivity index (χ4v) is 3.15. The van der Waals surface area contributed by atoms with Crippen LogP contribution in [0.15, 0.2) is 5.34 Å². The highest BCUT2D eigenvalue weighted by Crippen LogP contribution is 2.42. The van der Waals surface area contributed by atoms with Crippen molar-refractivity contribution in [2.45, 2.75) is 91.6 Å². The van der Waals surface area contributed by atoms with Gasteiger partial charge in [-0.2, -0.15) is 0 Å². The number of unbranched alkanes of at least 4 members (excludes halogenated alkanes) is 6. The van der Waals surface area contributed by atoms with Crippen LogP contribution in [0.25, 0.3) is 0 Å². The second-order valence-electron chi connectivity index (χ2n) is 5.68. The maximum atomic E-state index is 11.1. The lowest BCUT2D eigenvalue weighted by Gasteiger charge is -2.09. The van der Waals surface area contributed by atoms with Gasteiger partial charge in [0.15, 0.2) is 5.34 Å². The Morgan fingerprint density at radius 3 is 2.04 bits per heavy atom. The summed E-state index contributed by atoms with van der Waals surface area (Å²) in [5, 5.41) is 2.38. The molecule has 0 radical (unpaired) electrons. The van der Waals surface area contributed by atoms with Crippen molar-refractivity contribution in [3.8, 4) is 0 Å². The van der Waals surface area contributed by atoms with Gasteiger partial charge in [0.05, 0.1) is 6.61 Å². The first kappa shape index (κ1) is 24.8. The minimum atomic E-state index is -3.23. The summed E-state index contributed by atoms with van der Waals surface area (Å²) >= 11 is 0. The Labute approximate surface area is 141 Å². The van der Waals surface area contributed by atoms with Crippen LogP contribution in [0.3, 0.4) is 0 Å². The van der Waals surface area contributed by atoms with Crippen molar-refractivity contribution in [3.05, 3.63) is 4.91 Å². The SMILES string of the molecule is CCCCCCC(C)ON=O.CCCCCCP(=O)(O)OCC. The third kappa shape index (κ3) is 21.6. The molecule has 0 aliphatic carbocycles. The third-order valence-corrected chi connectivity index (χ3v) is 4.86. The minimum absolute atomic E-state index is 0.00986. The van der Waals surface area contributed by atoms with Gasteiger partial charge in [-0.1, -0.05) is 52.4 Å². The molecule has 0 fully saturated rings. The van der Waals surface area contributed by atoms with Gasteiger partial charge in [-0.05, 0) is 33.1 Å². The Morgan fingerprint density at radius 1 is 1.00 bits per heavy atom. The summed E-state index contributed by atoms with van der Waals surface area (Å²) < 4.78 is 15.8. The van der Waals surface area contributed by atoms with E-state index in [-0.39, 0.29) is 6.10 Å². The molecule has 7 heteroatoms. The predicted molar refractivity (Wildman–Crippen MR) is 95.6 cm³/mol. The van der Waals surface area contributed by atoms with Crippen LogP contribution in [0, 0.1) is 4.91 Å². The standard InChI is InChI=1S/C8H17NO2.C8H19O3P/c1-3-4-5-6-7-8(2)11-9-10;1-3-5-6-7-8-12(9,10)11-4-2/h8H,3-7H2,1-2H3;3-8H2,1-2H3,(H,9,10). The van der Waals surface area contributed by atoms with Crippen molar-refractivity contribution in [2.75, 3.05) is 12.8 Å². The number of rotatable bonds is 14. The molecular formula is C16H36NO5P.